The Morgan fingerprint density at radius 2 is 1.95 bits per heavy atom. The van der Waals surface area contributed by atoms with E-state index in [4.69, 9.17) is 0 Å². The first-order chi connectivity index (χ1) is 9.80. The lowest BCUT2D eigenvalue weighted by molar-refractivity contribution is 0.0714. The molecule has 1 aromatic carbocycles. The second-order valence-electron chi connectivity index (χ2n) is 6.29. The summed E-state index contributed by atoms with van der Waals surface area (Å²) >= 11 is 3.56. The zero-order valence-electron chi connectivity index (χ0n) is 12.7. The van der Waals surface area contributed by atoms with Crippen molar-refractivity contribution >= 4 is 32.3 Å². The number of rotatable bonds is 2. The van der Waals surface area contributed by atoms with Crippen molar-refractivity contribution in [1.29, 1.82) is 0 Å². The van der Waals surface area contributed by atoms with E-state index in [0.29, 0.717) is 5.92 Å². The van der Waals surface area contributed by atoms with Crippen molar-refractivity contribution in [2.24, 2.45) is 0 Å². The number of benzene rings is 1. The van der Waals surface area contributed by atoms with Crippen LogP contribution in [0.2, 0.25) is 0 Å². The molecule has 21 heavy (non-hydrogen) atoms. The van der Waals surface area contributed by atoms with Gasteiger partial charge < -0.3 is 9.51 Å². The van der Waals surface area contributed by atoms with Crippen molar-refractivity contribution in [2.45, 2.75) is 39.2 Å². The number of aromatic nitrogens is 2. The van der Waals surface area contributed by atoms with Crippen LogP contribution in [0, 0.1) is 0 Å². The predicted octanol–water partition coefficient (Wildman–Crippen LogP) is 4.60. The molecule has 3 rings (SSSR count). The third-order valence-corrected chi connectivity index (χ3v) is 4.30. The van der Waals surface area contributed by atoms with E-state index < -0.39 is 5.60 Å². The number of hydrogen-bond donors (Lipinski definition) is 1. The van der Waals surface area contributed by atoms with Crippen molar-refractivity contribution in [3.05, 3.63) is 46.3 Å². The zero-order valence-corrected chi connectivity index (χ0v) is 14.3. The van der Waals surface area contributed by atoms with Gasteiger partial charge in [-0.15, -0.1) is 0 Å². The van der Waals surface area contributed by atoms with Gasteiger partial charge in [0.05, 0.1) is 11.3 Å². The number of nitrogens with zero attached hydrogens (tertiary/aromatic N) is 2. The lowest BCUT2D eigenvalue weighted by Crippen LogP contribution is -2.23. The fourth-order valence-corrected chi connectivity index (χ4v) is 3.44. The lowest BCUT2D eigenvalue weighted by atomic mass is 9.88. The Bertz CT molecular complexity index is 828. The molecular formula is C17H19BrN2O. The van der Waals surface area contributed by atoms with E-state index in [9.17, 15) is 5.11 Å². The number of imidazole rings is 1. The van der Waals surface area contributed by atoms with Gasteiger partial charge in [0.1, 0.15) is 5.65 Å². The molecule has 0 atom stereocenters. The van der Waals surface area contributed by atoms with Crippen LogP contribution in [-0.4, -0.2) is 14.5 Å². The lowest BCUT2D eigenvalue weighted by Gasteiger charge is -2.27. The van der Waals surface area contributed by atoms with Crippen molar-refractivity contribution in [3.8, 4) is 0 Å². The van der Waals surface area contributed by atoms with Crippen LogP contribution < -0.4 is 0 Å². The summed E-state index contributed by atoms with van der Waals surface area (Å²) in [6.45, 7) is 7.98. The maximum Gasteiger partial charge on any atom is 0.144 e. The highest BCUT2D eigenvalue weighted by Gasteiger charge is 2.27. The molecule has 2 heterocycles. The summed E-state index contributed by atoms with van der Waals surface area (Å²) in [4.78, 5) is 4.49. The average Bonchev–Trinajstić information content (AvgIpc) is 2.83. The molecule has 0 radical (unpaired) electrons. The normalized spacial score (nSPS) is 12.7. The molecule has 0 spiro atoms. The van der Waals surface area contributed by atoms with Crippen molar-refractivity contribution in [3.63, 3.8) is 0 Å². The monoisotopic (exact) mass is 346 g/mol. The number of aliphatic hydroxyl groups is 1. The molecule has 0 fully saturated rings. The molecular weight excluding hydrogens is 328 g/mol. The number of halogens is 1. The SMILES string of the molecule is CC(C)c1c(C(C)(C)O)n2ccnc2c2ccc(Br)cc12. The summed E-state index contributed by atoms with van der Waals surface area (Å²) in [6.07, 6.45) is 3.71. The van der Waals surface area contributed by atoms with Crippen LogP contribution >= 0.6 is 15.9 Å². The minimum Gasteiger partial charge on any atom is -0.384 e. The van der Waals surface area contributed by atoms with Gasteiger partial charge in [0.15, 0.2) is 0 Å². The first-order valence-corrected chi connectivity index (χ1v) is 7.91. The fourth-order valence-electron chi connectivity index (χ4n) is 3.08. The molecule has 0 aliphatic heterocycles. The Morgan fingerprint density at radius 3 is 2.57 bits per heavy atom. The van der Waals surface area contributed by atoms with Crippen molar-refractivity contribution in [1.82, 2.24) is 9.38 Å². The third kappa shape index (κ3) is 2.27. The standard InChI is InChI=1S/C17H19BrN2O/c1-10(2)14-13-9-11(18)5-6-12(13)16-19-7-8-20(16)15(14)17(3,4)21/h5-10,21H,1-4H3. The van der Waals surface area contributed by atoms with Crippen molar-refractivity contribution in [2.75, 3.05) is 0 Å². The van der Waals surface area contributed by atoms with Crippen LogP contribution in [0.15, 0.2) is 35.1 Å². The summed E-state index contributed by atoms with van der Waals surface area (Å²) in [7, 11) is 0. The van der Waals surface area contributed by atoms with Crippen LogP contribution in [0.5, 0.6) is 0 Å². The fraction of sp³-hybridized carbons (Fsp3) is 0.353. The Labute approximate surface area is 132 Å². The van der Waals surface area contributed by atoms with Crippen LogP contribution in [0.3, 0.4) is 0 Å². The molecule has 0 aliphatic carbocycles. The van der Waals surface area contributed by atoms with Crippen LogP contribution in [0.1, 0.15) is 44.9 Å². The van der Waals surface area contributed by atoms with E-state index in [-0.39, 0.29) is 0 Å². The van der Waals surface area contributed by atoms with Gasteiger partial charge in [-0.2, -0.15) is 0 Å². The predicted molar refractivity (Wildman–Crippen MR) is 89.7 cm³/mol. The second-order valence-corrected chi connectivity index (χ2v) is 7.20. The molecule has 3 nitrogen and oxygen atoms in total. The number of hydrogen-bond acceptors (Lipinski definition) is 2. The molecule has 4 heteroatoms. The Kier molecular flexibility index (Phi) is 3.34. The number of pyridine rings is 1. The highest BCUT2D eigenvalue weighted by molar-refractivity contribution is 9.10. The maximum atomic E-state index is 10.7. The van der Waals surface area contributed by atoms with E-state index in [0.717, 1.165) is 26.6 Å². The largest absolute Gasteiger partial charge is 0.384 e. The summed E-state index contributed by atoms with van der Waals surface area (Å²) in [5.41, 5.74) is 2.04. The summed E-state index contributed by atoms with van der Waals surface area (Å²) in [5, 5.41) is 13.0. The first-order valence-electron chi connectivity index (χ1n) is 7.11. The minimum atomic E-state index is -0.935. The Morgan fingerprint density at radius 1 is 1.24 bits per heavy atom. The first kappa shape index (κ1) is 14.5. The van der Waals surface area contributed by atoms with Gasteiger partial charge in [0.25, 0.3) is 0 Å². The molecule has 0 unspecified atom stereocenters. The maximum absolute atomic E-state index is 10.7. The van der Waals surface area contributed by atoms with Gasteiger partial charge in [-0.1, -0.05) is 29.8 Å². The Hall–Kier alpha value is -1.39. The van der Waals surface area contributed by atoms with E-state index in [1.54, 1.807) is 6.20 Å². The molecule has 0 saturated heterocycles. The summed E-state index contributed by atoms with van der Waals surface area (Å²) in [6, 6.07) is 6.24. The third-order valence-electron chi connectivity index (χ3n) is 3.81. The minimum absolute atomic E-state index is 0.301. The highest BCUT2D eigenvalue weighted by Crippen LogP contribution is 2.37. The van der Waals surface area contributed by atoms with Gasteiger partial charge in [-0.3, -0.25) is 0 Å². The van der Waals surface area contributed by atoms with E-state index in [1.165, 1.54) is 5.56 Å². The van der Waals surface area contributed by atoms with Gasteiger partial charge in [0, 0.05) is 22.3 Å². The van der Waals surface area contributed by atoms with E-state index in [2.05, 4.69) is 46.9 Å². The molecule has 3 aromatic rings. The zero-order chi connectivity index (χ0) is 15.4. The Balaban J connectivity index is 2.63. The van der Waals surface area contributed by atoms with E-state index in [1.807, 2.05) is 30.5 Å². The van der Waals surface area contributed by atoms with Crippen LogP contribution in [-0.2, 0) is 5.60 Å². The second kappa shape index (κ2) is 4.82. The molecule has 0 bridgehead atoms. The van der Waals surface area contributed by atoms with Gasteiger partial charge in [-0.25, -0.2) is 4.98 Å². The molecule has 0 saturated carbocycles. The topological polar surface area (TPSA) is 37.5 Å². The molecule has 0 aliphatic rings. The van der Waals surface area contributed by atoms with Gasteiger partial charge in [0.2, 0.25) is 0 Å². The number of fused-ring (bicyclic) bond motifs is 3. The van der Waals surface area contributed by atoms with Gasteiger partial charge >= 0.3 is 0 Å². The molecule has 0 amide bonds. The summed E-state index contributed by atoms with van der Waals surface area (Å²) < 4.78 is 3.06. The molecule has 2 aromatic heterocycles. The average molecular weight is 347 g/mol. The van der Waals surface area contributed by atoms with Crippen LogP contribution in [0.25, 0.3) is 16.4 Å². The van der Waals surface area contributed by atoms with Crippen molar-refractivity contribution < 1.29 is 5.11 Å². The van der Waals surface area contributed by atoms with Gasteiger partial charge in [-0.05, 0) is 48.9 Å². The molecule has 1 N–H and O–H groups in total. The van der Waals surface area contributed by atoms with Crippen LogP contribution in [0.4, 0.5) is 0 Å². The summed E-state index contributed by atoms with van der Waals surface area (Å²) in [5.74, 6) is 0.301. The smallest absolute Gasteiger partial charge is 0.144 e. The quantitative estimate of drug-likeness (QED) is 0.736. The highest BCUT2D eigenvalue weighted by atomic mass is 79.9. The molecule has 110 valence electrons. The van der Waals surface area contributed by atoms with E-state index >= 15 is 0 Å².